The molecule has 1 aliphatic rings. The van der Waals surface area contributed by atoms with Crippen molar-refractivity contribution in [3.63, 3.8) is 0 Å². The summed E-state index contributed by atoms with van der Waals surface area (Å²) in [7, 11) is 0. The van der Waals surface area contributed by atoms with Crippen molar-refractivity contribution in [1.29, 1.82) is 0 Å². The molecule has 3 atom stereocenters. The van der Waals surface area contributed by atoms with E-state index in [1.165, 1.54) is 0 Å². The second-order valence-electron chi connectivity index (χ2n) is 7.09. The standard InChI is InChI=1S/C22H26N2O3/c1-3-15(2)19(14-25)23-21(26)20(16-9-5-4-6-10-16)24-13-17-11-7-8-12-18(17)22(24)27/h4-12,15,19-20,25H,3,13-14H2,1-2H3,(H,23,26)/t15-,19-,20+/m0/s1. The van der Waals surface area contributed by atoms with Gasteiger partial charge in [-0.1, -0.05) is 68.8 Å². The Kier molecular flexibility index (Phi) is 5.91. The molecule has 27 heavy (non-hydrogen) atoms. The first-order valence-electron chi connectivity index (χ1n) is 9.41. The molecule has 0 radical (unpaired) electrons. The van der Waals surface area contributed by atoms with Gasteiger partial charge >= 0.3 is 0 Å². The first-order chi connectivity index (χ1) is 13.1. The molecule has 5 heteroatoms. The number of nitrogens with one attached hydrogen (secondary N) is 1. The Morgan fingerprint density at radius 2 is 1.81 bits per heavy atom. The maximum Gasteiger partial charge on any atom is 0.255 e. The Hall–Kier alpha value is -2.66. The van der Waals surface area contributed by atoms with Crippen LogP contribution in [-0.4, -0.2) is 34.5 Å². The van der Waals surface area contributed by atoms with Gasteiger partial charge in [0.25, 0.3) is 5.91 Å². The number of rotatable bonds is 7. The Morgan fingerprint density at radius 1 is 1.15 bits per heavy atom. The van der Waals surface area contributed by atoms with Gasteiger partial charge in [-0.05, 0) is 23.1 Å². The number of fused-ring (bicyclic) bond motifs is 1. The molecule has 0 saturated carbocycles. The van der Waals surface area contributed by atoms with E-state index in [0.29, 0.717) is 12.1 Å². The lowest BCUT2D eigenvalue weighted by molar-refractivity contribution is -0.127. The highest BCUT2D eigenvalue weighted by molar-refractivity contribution is 6.01. The van der Waals surface area contributed by atoms with E-state index in [2.05, 4.69) is 5.32 Å². The van der Waals surface area contributed by atoms with Crippen molar-refractivity contribution >= 4 is 11.8 Å². The summed E-state index contributed by atoms with van der Waals surface area (Å²) in [5.74, 6) is -0.262. The Morgan fingerprint density at radius 3 is 2.44 bits per heavy atom. The third-order valence-corrected chi connectivity index (χ3v) is 5.38. The number of nitrogens with zero attached hydrogens (tertiary/aromatic N) is 1. The summed E-state index contributed by atoms with van der Waals surface area (Å²) >= 11 is 0. The van der Waals surface area contributed by atoms with Gasteiger partial charge in [0.1, 0.15) is 6.04 Å². The monoisotopic (exact) mass is 366 g/mol. The first kappa shape index (κ1) is 19.1. The molecule has 142 valence electrons. The van der Waals surface area contributed by atoms with Crippen molar-refractivity contribution in [3.8, 4) is 0 Å². The molecule has 2 N–H and O–H groups in total. The van der Waals surface area contributed by atoms with Crippen molar-refractivity contribution in [2.45, 2.75) is 38.9 Å². The number of carbonyl (C=O) groups excluding carboxylic acids is 2. The van der Waals surface area contributed by atoms with Crippen LogP contribution in [0.5, 0.6) is 0 Å². The third kappa shape index (κ3) is 3.88. The van der Waals surface area contributed by atoms with E-state index in [-0.39, 0.29) is 30.4 Å². The Labute approximate surface area is 160 Å². The lowest BCUT2D eigenvalue weighted by Gasteiger charge is -2.30. The molecule has 1 heterocycles. The van der Waals surface area contributed by atoms with E-state index < -0.39 is 6.04 Å². The minimum absolute atomic E-state index is 0.129. The molecular weight excluding hydrogens is 340 g/mol. The summed E-state index contributed by atoms with van der Waals surface area (Å²) in [6.07, 6.45) is 0.843. The maximum atomic E-state index is 13.2. The predicted octanol–water partition coefficient (Wildman–Crippen LogP) is 2.91. The van der Waals surface area contributed by atoms with E-state index >= 15 is 0 Å². The fraction of sp³-hybridized carbons (Fsp3) is 0.364. The molecule has 1 aliphatic heterocycles. The average Bonchev–Trinajstić information content (AvgIpc) is 3.03. The van der Waals surface area contributed by atoms with Crippen LogP contribution < -0.4 is 5.32 Å². The molecule has 2 aromatic rings. The molecule has 2 amide bonds. The van der Waals surface area contributed by atoms with Gasteiger partial charge < -0.3 is 15.3 Å². The molecule has 2 aromatic carbocycles. The normalized spacial score (nSPS) is 16.6. The van der Waals surface area contributed by atoms with Gasteiger partial charge in [-0.3, -0.25) is 9.59 Å². The van der Waals surface area contributed by atoms with Crippen LogP contribution in [0.4, 0.5) is 0 Å². The number of aliphatic hydroxyl groups is 1. The number of aliphatic hydroxyl groups excluding tert-OH is 1. The molecule has 0 saturated heterocycles. The Balaban J connectivity index is 1.91. The quantitative estimate of drug-likeness (QED) is 0.792. The van der Waals surface area contributed by atoms with Crippen LogP contribution in [0, 0.1) is 5.92 Å². The minimum atomic E-state index is -0.732. The van der Waals surface area contributed by atoms with E-state index in [1.807, 2.05) is 62.4 Å². The summed E-state index contributed by atoms with van der Waals surface area (Å²) in [5.41, 5.74) is 2.33. The zero-order valence-corrected chi connectivity index (χ0v) is 15.8. The van der Waals surface area contributed by atoms with Gasteiger partial charge in [-0.15, -0.1) is 0 Å². The number of hydrogen-bond donors (Lipinski definition) is 2. The van der Waals surface area contributed by atoms with Gasteiger partial charge in [0, 0.05) is 12.1 Å². The van der Waals surface area contributed by atoms with Crippen molar-refractivity contribution in [2.24, 2.45) is 5.92 Å². The second-order valence-corrected chi connectivity index (χ2v) is 7.09. The van der Waals surface area contributed by atoms with Gasteiger partial charge in [-0.25, -0.2) is 0 Å². The smallest absolute Gasteiger partial charge is 0.255 e. The minimum Gasteiger partial charge on any atom is -0.394 e. The second kappa shape index (κ2) is 8.35. The summed E-state index contributed by atoms with van der Waals surface area (Å²) < 4.78 is 0. The third-order valence-electron chi connectivity index (χ3n) is 5.38. The number of hydrogen-bond acceptors (Lipinski definition) is 3. The highest BCUT2D eigenvalue weighted by Crippen LogP contribution is 2.31. The van der Waals surface area contributed by atoms with Gasteiger partial charge in [0.2, 0.25) is 5.91 Å². The summed E-state index contributed by atoms with van der Waals surface area (Å²) in [6.45, 7) is 4.29. The van der Waals surface area contributed by atoms with Gasteiger partial charge in [-0.2, -0.15) is 0 Å². The molecule has 0 bridgehead atoms. The zero-order chi connectivity index (χ0) is 19.4. The largest absolute Gasteiger partial charge is 0.394 e. The van der Waals surface area contributed by atoms with Crippen LogP contribution in [-0.2, 0) is 11.3 Å². The highest BCUT2D eigenvalue weighted by Gasteiger charge is 2.38. The highest BCUT2D eigenvalue weighted by atomic mass is 16.3. The van der Waals surface area contributed by atoms with Crippen molar-refractivity contribution in [3.05, 3.63) is 71.3 Å². The summed E-state index contributed by atoms with van der Waals surface area (Å²) in [4.78, 5) is 27.8. The lowest BCUT2D eigenvalue weighted by atomic mass is 9.98. The van der Waals surface area contributed by atoms with E-state index in [9.17, 15) is 14.7 Å². The van der Waals surface area contributed by atoms with Crippen LogP contribution in [0.25, 0.3) is 0 Å². The lowest BCUT2D eigenvalue weighted by Crippen LogP contribution is -2.48. The van der Waals surface area contributed by atoms with Crippen LogP contribution in [0.3, 0.4) is 0 Å². The molecule has 0 fully saturated rings. The number of carbonyl (C=O) groups is 2. The molecular formula is C22H26N2O3. The van der Waals surface area contributed by atoms with Crippen LogP contribution in [0.1, 0.15) is 47.8 Å². The van der Waals surface area contributed by atoms with Crippen LogP contribution in [0.15, 0.2) is 54.6 Å². The van der Waals surface area contributed by atoms with Crippen molar-refractivity contribution in [2.75, 3.05) is 6.61 Å². The molecule has 3 rings (SSSR count). The van der Waals surface area contributed by atoms with E-state index in [1.54, 1.807) is 11.0 Å². The molecule has 0 unspecified atom stereocenters. The van der Waals surface area contributed by atoms with Crippen LogP contribution in [0.2, 0.25) is 0 Å². The first-order valence-corrected chi connectivity index (χ1v) is 9.41. The average molecular weight is 366 g/mol. The zero-order valence-electron chi connectivity index (χ0n) is 15.8. The predicted molar refractivity (Wildman–Crippen MR) is 104 cm³/mol. The number of amides is 2. The van der Waals surface area contributed by atoms with E-state index in [4.69, 9.17) is 0 Å². The molecule has 0 spiro atoms. The van der Waals surface area contributed by atoms with Crippen molar-refractivity contribution < 1.29 is 14.7 Å². The summed E-state index contributed by atoms with van der Waals surface area (Å²) in [6, 6.07) is 15.7. The van der Waals surface area contributed by atoms with Gasteiger partial charge in [0.05, 0.1) is 12.6 Å². The molecule has 0 aromatic heterocycles. The van der Waals surface area contributed by atoms with Crippen molar-refractivity contribution in [1.82, 2.24) is 10.2 Å². The Bertz CT molecular complexity index is 806. The number of benzene rings is 2. The topological polar surface area (TPSA) is 69.6 Å². The molecule has 0 aliphatic carbocycles. The van der Waals surface area contributed by atoms with E-state index in [0.717, 1.165) is 17.5 Å². The van der Waals surface area contributed by atoms with Gasteiger partial charge in [0.15, 0.2) is 0 Å². The SMILES string of the molecule is CC[C@H](C)[C@H](CO)NC(=O)[C@@H](c1ccccc1)N1Cc2ccccc2C1=O. The molecule has 5 nitrogen and oxygen atoms in total. The fourth-order valence-corrected chi connectivity index (χ4v) is 3.51. The van der Waals surface area contributed by atoms with Crippen LogP contribution >= 0.6 is 0 Å². The maximum absolute atomic E-state index is 13.2. The fourth-order valence-electron chi connectivity index (χ4n) is 3.51. The summed E-state index contributed by atoms with van der Waals surface area (Å²) in [5, 5.41) is 12.7.